The minimum Gasteiger partial charge on any atom is -0.459 e. The molecule has 3 nitrogen and oxygen atoms in total. The van der Waals surface area contributed by atoms with Crippen molar-refractivity contribution >= 4 is 18.4 Å². The van der Waals surface area contributed by atoms with Crippen molar-refractivity contribution in [1.82, 2.24) is 4.98 Å². The molecule has 0 aliphatic rings. The maximum Gasteiger partial charge on any atom is 0.303 e. The fraction of sp³-hybridized carbons (Fsp3) is 0.286. The van der Waals surface area contributed by atoms with Crippen LogP contribution in [0.4, 0.5) is 0 Å². The Bertz CT molecular complexity index is 208. The van der Waals surface area contributed by atoms with Gasteiger partial charge in [0.25, 0.3) is 0 Å². The molecule has 62 valence electrons. The van der Waals surface area contributed by atoms with Gasteiger partial charge in [0.05, 0.1) is 5.69 Å². The molecule has 0 unspecified atom stereocenters. The highest BCUT2D eigenvalue weighted by Gasteiger charge is 1.94. The predicted octanol–water partition coefficient (Wildman–Crippen LogP) is 1.50. The highest BCUT2D eigenvalue weighted by molar-refractivity contribution is 5.85. The fourth-order valence-electron chi connectivity index (χ4n) is 0.637. The Morgan fingerprint density at radius 3 is 2.91 bits per heavy atom. The molecule has 1 heterocycles. The number of ether oxygens (including phenoxy) is 1. The van der Waals surface area contributed by atoms with Crippen LogP contribution in [0.2, 0.25) is 0 Å². The van der Waals surface area contributed by atoms with E-state index in [2.05, 4.69) is 4.98 Å². The Morgan fingerprint density at radius 1 is 1.73 bits per heavy atom. The first-order chi connectivity index (χ1) is 4.79. The molecule has 0 fully saturated rings. The summed E-state index contributed by atoms with van der Waals surface area (Å²) < 4.78 is 4.72. The van der Waals surface area contributed by atoms with E-state index < -0.39 is 0 Å². The SMILES string of the molecule is CC(=O)OCc1ccc[nH]1.Cl. The molecule has 1 N–H and O–H groups in total. The second-order valence-corrected chi connectivity index (χ2v) is 1.98. The Hall–Kier alpha value is -0.960. The molecular weight excluding hydrogens is 166 g/mol. The summed E-state index contributed by atoms with van der Waals surface area (Å²) >= 11 is 0. The third-order valence-corrected chi connectivity index (χ3v) is 1.09. The summed E-state index contributed by atoms with van der Waals surface area (Å²) in [6.45, 7) is 1.73. The van der Waals surface area contributed by atoms with Crippen LogP contribution in [0.15, 0.2) is 18.3 Å². The zero-order chi connectivity index (χ0) is 7.40. The summed E-state index contributed by atoms with van der Waals surface area (Å²) in [6.07, 6.45) is 1.79. The van der Waals surface area contributed by atoms with Crippen LogP contribution >= 0.6 is 12.4 Å². The van der Waals surface area contributed by atoms with Crippen molar-refractivity contribution in [2.75, 3.05) is 0 Å². The highest BCUT2D eigenvalue weighted by Crippen LogP contribution is 1.96. The minimum atomic E-state index is -0.255. The minimum absolute atomic E-state index is 0. The van der Waals surface area contributed by atoms with E-state index in [1.165, 1.54) is 6.92 Å². The Kier molecular flexibility index (Phi) is 4.38. The Balaban J connectivity index is 0.000001000. The van der Waals surface area contributed by atoms with Crippen LogP contribution in [0.1, 0.15) is 12.6 Å². The molecule has 0 saturated heterocycles. The fourth-order valence-corrected chi connectivity index (χ4v) is 0.637. The zero-order valence-corrected chi connectivity index (χ0v) is 6.98. The molecule has 1 aromatic heterocycles. The first-order valence-electron chi connectivity index (χ1n) is 3.04. The van der Waals surface area contributed by atoms with Crippen LogP contribution in [0.5, 0.6) is 0 Å². The van der Waals surface area contributed by atoms with Crippen molar-refractivity contribution in [3.63, 3.8) is 0 Å². The number of aromatic amines is 1. The summed E-state index contributed by atoms with van der Waals surface area (Å²) in [5, 5.41) is 0. The van der Waals surface area contributed by atoms with Gasteiger partial charge in [-0.2, -0.15) is 0 Å². The quantitative estimate of drug-likeness (QED) is 0.693. The van der Waals surface area contributed by atoms with E-state index in [0.29, 0.717) is 6.61 Å². The molecule has 0 aromatic carbocycles. The molecule has 11 heavy (non-hydrogen) atoms. The smallest absolute Gasteiger partial charge is 0.303 e. The van der Waals surface area contributed by atoms with E-state index in [0.717, 1.165) is 5.69 Å². The van der Waals surface area contributed by atoms with Crippen LogP contribution in [-0.4, -0.2) is 11.0 Å². The Labute approximate surface area is 71.2 Å². The number of hydrogen-bond donors (Lipinski definition) is 1. The van der Waals surface area contributed by atoms with Crippen molar-refractivity contribution in [2.24, 2.45) is 0 Å². The number of aromatic nitrogens is 1. The third kappa shape index (κ3) is 3.68. The van der Waals surface area contributed by atoms with Gasteiger partial charge in [-0.05, 0) is 12.1 Å². The van der Waals surface area contributed by atoms with Crippen LogP contribution < -0.4 is 0 Å². The average molecular weight is 176 g/mol. The second-order valence-electron chi connectivity index (χ2n) is 1.98. The molecule has 0 amide bonds. The van der Waals surface area contributed by atoms with Gasteiger partial charge in [0.15, 0.2) is 0 Å². The molecule has 4 heteroatoms. The molecule has 0 aliphatic heterocycles. The topological polar surface area (TPSA) is 42.1 Å². The molecule has 0 atom stereocenters. The van der Waals surface area contributed by atoms with Gasteiger partial charge in [-0.25, -0.2) is 0 Å². The van der Waals surface area contributed by atoms with Crippen LogP contribution in [0.3, 0.4) is 0 Å². The largest absolute Gasteiger partial charge is 0.459 e. The van der Waals surface area contributed by atoms with E-state index in [-0.39, 0.29) is 18.4 Å². The number of carbonyl (C=O) groups excluding carboxylic acids is 1. The maximum atomic E-state index is 10.3. The van der Waals surface area contributed by atoms with Gasteiger partial charge in [-0.1, -0.05) is 0 Å². The van der Waals surface area contributed by atoms with Gasteiger partial charge in [-0.15, -0.1) is 12.4 Å². The van der Waals surface area contributed by atoms with E-state index in [1.54, 1.807) is 6.20 Å². The lowest BCUT2D eigenvalue weighted by Crippen LogP contribution is -1.98. The molecule has 0 radical (unpaired) electrons. The van der Waals surface area contributed by atoms with Gasteiger partial charge in [-0.3, -0.25) is 4.79 Å². The summed E-state index contributed by atoms with van der Waals surface area (Å²) in [5.41, 5.74) is 0.912. The van der Waals surface area contributed by atoms with E-state index >= 15 is 0 Å². The number of halogens is 1. The van der Waals surface area contributed by atoms with Gasteiger partial charge in [0.1, 0.15) is 6.61 Å². The average Bonchev–Trinajstić information content (AvgIpc) is 2.34. The monoisotopic (exact) mass is 175 g/mol. The predicted molar refractivity (Wildman–Crippen MR) is 43.5 cm³/mol. The van der Waals surface area contributed by atoms with Gasteiger partial charge < -0.3 is 9.72 Å². The first kappa shape index (κ1) is 10.0. The summed E-state index contributed by atoms with van der Waals surface area (Å²) in [5.74, 6) is -0.255. The van der Waals surface area contributed by atoms with Gasteiger partial charge >= 0.3 is 5.97 Å². The number of rotatable bonds is 2. The molecular formula is C7H10ClNO2. The molecule has 0 bridgehead atoms. The van der Waals surface area contributed by atoms with Crippen molar-refractivity contribution in [2.45, 2.75) is 13.5 Å². The van der Waals surface area contributed by atoms with Crippen LogP contribution in [0, 0.1) is 0 Å². The van der Waals surface area contributed by atoms with Crippen molar-refractivity contribution < 1.29 is 9.53 Å². The normalized spacial score (nSPS) is 8.45. The van der Waals surface area contributed by atoms with E-state index in [9.17, 15) is 4.79 Å². The van der Waals surface area contributed by atoms with Gasteiger partial charge in [0.2, 0.25) is 0 Å². The highest BCUT2D eigenvalue weighted by atomic mass is 35.5. The van der Waals surface area contributed by atoms with Crippen molar-refractivity contribution in [3.05, 3.63) is 24.0 Å². The van der Waals surface area contributed by atoms with Gasteiger partial charge in [0, 0.05) is 13.1 Å². The summed E-state index contributed by atoms with van der Waals surface area (Å²) in [4.78, 5) is 13.2. The summed E-state index contributed by atoms with van der Waals surface area (Å²) in [6, 6.07) is 3.72. The Morgan fingerprint density at radius 2 is 2.45 bits per heavy atom. The second kappa shape index (κ2) is 4.79. The summed E-state index contributed by atoms with van der Waals surface area (Å²) in [7, 11) is 0. The third-order valence-electron chi connectivity index (χ3n) is 1.09. The molecule has 0 spiro atoms. The van der Waals surface area contributed by atoms with E-state index in [4.69, 9.17) is 4.74 Å². The number of esters is 1. The number of hydrogen-bond acceptors (Lipinski definition) is 2. The molecule has 0 aliphatic carbocycles. The molecule has 1 aromatic rings. The number of carbonyl (C=O) groups is 1. The maximum absolute atomic E-state index is 10.3. The van der Waals surface area contributed by atoms with E-state index in [1.807, 2.05) is 12.1 Å². The van der Waals surface area contributed by atoms with Crippen LogP contribution in [0.25, 0.3) is 0 Å². The standard InChI is InChI=1S/C7H9NO2.ClH/c1-6(9)10-5-7-3-2-4-8-7;/h2-4,8H,5H2,1H3;1H. The van der Waals surface area contributed by atoms with Crippen molar-refractivity contribution in [3.8, 4) is 0 Å². The molecule has 1 rings (SSSR count). The lowest BCUT2D eigenvalue weighted by molar-refractivity contribution is -0.142. The lowest BCUT2D eigenvalue weighted by Gasteiger charge is -1.96. The number of H-pyrrole nitrogens is 1. The molecule has 0 saturated carbocycles. The van der Waals surface area contributed by atoms with Crippen molar-refractivity contribution in [1.29, 1.82) is 0 Å². The lowest BCUT2D eigenvalue weighted by atomic mass is 10.5. The van der Waals surface area contributed by atoms with Crippen LogP contribution in [-0.2, 0) is 16.1 Å². The zero-order valence-electron chi connectivity index (χ0n) is 6.16. The first-order valence-corrected chi connectivity index (χ1v) is 3.04. The number of nitrogens with one attached hydrogen (secondary N) is 1.